The average Bonchev–Trinajstić information content (AvgIpc) is 2.03. The first-order chi connectivity index (χ1) is 6.06. The quantitative estimate of drug-likeness (QED) is 0.707. The molecule has 1 unspecified atom stereocenters. The molecule has 0 aliphatic heterocycles. The Bertz CT molecular complexity index is 359. The van der Waals surface area contributed by atoms with E-state index in [0.717, 1.165) is 0 Å². The summed E-state index contributed by atoms with van der Waals surface area (Å²) in [6.07, 6.45) is 0.575. The van der Waals surface area contributed by atoms with Crippen LogP contribution in [0, 0.1) is 0 Å². The number of nitrogens with zero attached hydrogens (tertiary/aromatic N) is 1. The third-order valence-electron chi connectivity index (χ3n) is 1.80. The topological polar surface area (TPSA) is 71.8 Å². The Morgan fingerprint density at radius 3 is 2.69 bits per heavy atom. The molecule has 1 aromatic heterocycles. The standard InChI is InChI=1S/C8H12ClN3O/c1-3-5-6(10)11-7(4(2)9)12-8(5)13/h4H,3H2,1-2H3,(H3,10,11,12,13). The van der Waals surface area contributed by atoms with Crippen LogP contribution >= 0.6 is 11.6 Å². The number of aromatic nitrogens is 2. The number of nitrogens with two attached hydrogens (primary N) is 1. The first-order valence-electron chi connectivity index (χ1n) is 4.08. The van der Waals surface area contributed by atoms with Crippen LogP contribution in [0.1, 0.15) is 30.6 Å². The molecule has 0 aliphatic rings. The molecule has 4 nitrogen and oxygen atoms in total. The lowest BCUT2D eigenvalue weighted by Gasteiger charge is -2.05. The van der Waals surface area contributed by atoms with Crippen LogP contribution in [-0.4, -0.2) is 9.97 Å². The van der Waals surface area contributed by atoms with Gasteiger partial charge in [0.25, 0.3) is 5.56 Å². The summed E-state index contributed by atoms with van der Waals surface area (Å²) in [5.41, 5.74) is 5.90. The predicted molar refractivity (Wildman–Crippen MR) is 52.9 cm³/mol. The molecule has 0 spiro atoms. The van der Waals surface area contributed by atoms with Gasteiger partial charge in [0.2, 0.25) is 0 Å². The summed E-state index contributed by atoms with van der Waals surface area (Å²) >= 11 is 5.75. The van der Waals surface area contributed by atoms with Crippen molar-refractivity contribution >= 4 is 17.4 Å². The fraction of sp³-hybridized carbons (Fsp3) is 0.500. The monoisotopic (exact) mass is 201 g/mol. The zero-order valence-corrected chi connectivity index (χ0v) is 8.35. The number of rotatable bonds is 2. The first-order valence-corrected chi connectivity index (χ1v) is 4.52. The molecule has 0 aromatic carbocycles. The van der Waals surface area contributed by atoms with Crippen molar-refractivity contribution in [3.8, 4) is 0 Å². The van der Waals surface area contributed by atoms with Crippen LogP contribution in [-0.2, 0) is 6.42 Å². The number of hydrogen-bond donors (Lipinski definition) is 2. The van der Waals surface area contributed by atoms with E-state index < -0.39 is 0 Å². The zero-order chi connectivity index (χ0) is 10.0. The predicted octanol–water partition coefficient (Wildman–Crippen LogP) is 1.21. The van der Waals surface area contributed by atoms with Crippen molar-refractivity contribution in [1.82, 2.24) is 9.97 Å². The van der Waals surface area contributed by atoms with Gasteiger partial charge in [0.15, 0.2) is 0 Å². The molecule has 72 valence electrons. The van der Waals surface area contributed by atoms with Gasteiger partial charge in [-0.3, -0.25) is 4.79 Å². The SMILES string of the molecule is CCc1c(N)nc(C(C)Cl)[nH]c1=O. The van der Waals surface area contributed by atoms with Crippen LogP contribution < -0.4 is 11.3 Å². The number of nitrogens with one attached hydrogen (secondary N) is 1. The molecule has 0 saturated carbocycles. The van der Waals surface area contributed by atoms with Gasteiger partial charge in [-0.25, -0.2) is 4.98 Å². The molecule has 1 rings (SSSR count). The van der Waals surface area contributed by atoms with E-state index in [-0.39, 0.29) is 16.8 Å². The Morgan fingerprint density at radius 1 is 1.69 bits per heavy atom. The summed E-state index contributed by atoms with van der Waals surface area (Å²) in [4.78, 5) is 17.9. The van der Waals surface area contributed by atoms with Crippen molar-refractivity contribution in [3.63, 3.8) is 0 Å². The van der Waals surface area contributed by atoms with Gasteiger partial charge in [-0.2, -0.15) is 0 Å². The Kier molecular flexibility index (Phi) is 2.93. The van der Waals surface area contributed by atoms with Gasteiger partial charge in [-0.05, 0) is 13.3 Å². The molecular weight excluding hydrogens is 190 g/mol. The van der Waals surface area contributed by atoms with Crippen molar-refractivity contribution in [2.45, 2.75) is 25.6 Å². The van der Waals surface area contributed by atoms with Crippen molar-refractivity contribution in [2.24, 2.45) is 0 Å². The second kappa shape index (κ2) is 3.79. The van der Waals surface area contributed by atoms with Gasteiger partial charge in [-0.1, -0.05) is 6.92 Å². The third-order valence-corrected chi connectivity index (χ3v) is 2.00. The molecule has 3 N–H and O–H groups in total. The highest BCUT2D eigenvalue weighted by Crippen LogP contribution is 2.15. The van der Waals surface area contributed by atoms with Gasteiger partial charge in [-0.15, -0.1) is 11.6 Å². The highest BCUT2D eigenvalue weighted by Gasteiger charge is 2.09. The second-order valence-electron chi connectivity index (χ2n) is 2.78. The Morgan fingerprint density at radius 2 is 2.31 bits per heavy atom. The molecule has 1 heterocycles. The van der Waals surface area contributed by atoms with Crippen LogP contribution in [0.25, 0.3) is 0 Å². The molecule has 5 heteroatoms. The summed E-state index contributed by atoms with van der Waals surface area (Å²) in [7, 11) is 0. The maximum atomic E-state index is 11.4. The maximum absolute atomic E-state index is 11.4. The molecule has 0 radical (unpaired) electrons. The van der Waals surface area contributed by atoms with Crippen molar-refractivity contribution in [1.29, 1.82) is 0 Å². The van der Waals surface area contributed by atoms with Crippen LogP contribution in [0.4, 0.5) is 5.82 Å². The Hall–Kier alpha value is -1.03. The lowest BCUT2D eigenvalue weighted by molar-refractivity contribution is 0.875. The summed E-state index contributed by atoms with van der Waals surface area (Å²) in [5, 5.41) is -0.332. The lowest BCUT2D eigenvalue weighted by Crippen LogP contribution is -2.19. The van der Waals surface area contributed by atoms with E-state index in [4.69, 9.17) is 17.3 Å². The van der Waals surface area contributed by atoms with Crippen molar-refractivity contribution in [2.75, 3.05) is 5.73 Å². The number of alkyl halides is 1. The van der Waals surface area contributed by atoms with Crippen molar-refractivity contribution < 1.29 is 0 Å². The minimum atomic E-state index is -0.332. The van der Waals surface area contributed by atoms with Gasteiger partial charge < -0.3 is 10.7 Å². The first kappa shape index (κ1) is 10.1. The largest absolute Gasteiger partial charge is 0.383 e. The van der Waals surface area contributed by atoms with E-state index in [2.05, 4.69) is 9.97 Å². The zero-order valence-electron chi connectivity index (χ0n) is 7.60. The van der Waals surface area contributed by atoms with Crippen LogP contribution in [0.2, 0.25) is 0 Å². The summed E-state index contributed by atoms with van der Waals surface area (Å²) in [6, 6.07) is 0. The minimum absolute atomic E-state index is 0.197. The van der Waals surface area contributed by atoms with E-state index in [1.165, 1.54) is 0 Å². The van der Waals surface area contributed by atoms with Crippen LogP contribution in [0.5, 0.6) is 0 Å². The van der Waals surface area contributed by atoms with E-state index in [1.807, 2.05) is 6.92 Å². The molecule has 0 aliphatic carbocycles. The fourth-order valence-electron chi connectivity index (χ4n) is 1.06. The second-order valence-corrected chi connectivity index (χ2v) is 3.44. The van der Waals surface area contributed by atoms with E-state index in [9.17, 15) is 4.79 Å². The number of hydrogen-bond acceptors (Lipinski definition) is 3. The van der Waals surface area contributed by atoms with Crippen molar-refractivity contribution in [3.05, 3.63) is 21.7 Å². The highest BCUT2D eigenvalue weighted by atomic mass is 35.5. The van der Waals surface area contributed by atoms with Gasteiger partial charge in [0.05, 0.1) is 10.9 Å². The number of H-pyrrole nitrogens is 1. The number of anilines is 1. The molecule has 1 atom stereocenters. The Balaban J connectivity index is 3.29. The molecule has 0 saturated heterocycles. The summed E-state index contributed by atoms with van der Waals surface area (Å²) in [5.74, 6) is 0.690. The molecule has 0 amide bonds. The minimum Gasteiger partial charge on any atom is -0.383 e. The third kappa shape index (κ3) is 2.01. The summed E-state index contributed by atoms with van der Waals surface area (Å²) < 4.78 is 0. The average molecular weight is 202 g/mol. The van der Waals surface area contributed by atoms with Crippen LogP contribution in [0.15, 0.2) is 4.79 Å². The molecular formula is C8H12ClN3O. The molecule has 0 fully saturated rings. The van der Waals surface area contributed by atoms with E-state index in [0.29, 0.717) is 17.8 Å². The Labute approximate surface area is 81.1 Å². The molecule has 13 heavy (non-hydrogen) atoms. The molecule has 1 aromatic rings. The molecule has 0 bridgehead atoms. The van der Waals surface area contributed by atoms with Gasteiger partial charge >= 0.3 is 0 Å². The summed E-state index contributed by atoms with van der Waals surface area (Å²) in [6.45, 7) is 3.58. The lowest BCUT2D eigenvalue weighted by atomic mass is 10.2. The maximum Gasteiger partial charge on any atom is 0.256 e. The van der Waals surface area contributed by atoms with Gasteiger partial charge in [0.1, 0.15) is 11.6 Å². The van der Waals surface area contributed by atoms with Crippen LogP contribution in [0.3, 0.4) is 0 Å². The van der Waals surface area contributed by atoms with Gasteiger partial charge in [0, 0.05) is 0 Å². The normalized spacial score (nSPS) is 12.8. The smallest absolute Gasteiger partial charge is 0.256 e. The van der Waals surface area contributed by atoms with E-state index >= 15 is 0 Å². The fourth-order valence-corrected chi connectivity index (χ4v) is 1.17. The number of aromatic amines is 1. The number of nitrogen functional groups attached to an aromatic ring is 1. The van der Waals surface area contributed by atoms with E-state index in [1.54, 1.807) is 6.92 Å². The highest BCUT2D eigenvalue weighted by molar-refractivity contribution is 6.20. The number of halogens is 1.